The third-order valence-corrected chi connectivity index (χ3v) is 10.1. The number of carbonyl (C=O) groups is 1. The minimum atomic E-state index is -1.42. The number of fused-ring (bicyclic) bond motifs is 3. The summed E-state index contributed by atoms with van der Waals surface area (Å²) >= 11 is 6.33. The molecule has 0 N–H and O–H groups in total. The molecule has 36 heavy (non-hydrogen) atoms. The van der Waals surface area contributed by atoms with Crippen LogP contribution in [-0.4, -0.2) is 22.9 Å². The lowest BCUT2D eigenvalue weighted by atomic mass is 9.47. The number of nitrogens with zero attached hydrogens (tertiary/aromatic N) is 4. The van der Waals surface area contributed by atoms with Crippen molar-refractivity contribution < 1.29 is 4.79 Å². The first-order valence-corrected chi connectivity index (χ1v) is 13.4. The van der Waals surface area contributed by atoms with Crippen LogP contribution in [0.25, 0.3) is 6.08 Å². The van der Waals surface area contributed by atoms with E-state index >= 15 is 4.79 Å². The highest BCUT2D eigenvalue weighted by Crippen LogP contribution is 2.63. The molecule has 5 nitrogen and oxygen atoms in total. The van der Waals surface area contributed by atoms with Crippen molar-refractivity contribution in [2.75, 3.05) is 4.90 Å². The molecule has 1 aromatic heterocycles. The number of halogens is 1. The van der Waals surface area contributed by atoms with Gasteiger partial charge in [0.2, 0.25) is 0 Å². The zero-order valence-corrected chi connectivity index (χ0v) is 20.7. The van der Waals surface area contributed by atoms with Gasteiger partial charge in [-0.15, -0.1) is 0 Å². The predicted molar refractivity (Wildman–Crippen MR) is 137 cm³/mol. The van der Waals surface area contributed by atoms with Crippen LogP contribution < -0.4 is 4.90 Å². The molecule has 3 unspecified atom stereocenters. The SMILES string of the molecule is N#CC1(C#N)C(c2cccnc2)C(C(=O)C23CC4CC(CC(C4)C2)C3)N2c3ccc(Cl)cc3C=CC21. The Bertz CT molecular complexity index is 1320. The first kappa shape index (κ1) is 22.1. The number of aromatic nitrogens is 1. The number of hydrogen-bond donors (Lipinski definition) is 0. The summed E-state index contributed by atoms with van der Waals surface area (Å²) in [6.07, 6.45) is 13.9. The highest BCUT2D eigenvalue weighted by molar-refractivity contribution is 6.30. The van der Waals surface area contributed by atoms with Crippen molar-refractivity contribution in [1.82, 2.24) is 4.98 Å². The van der Waals surface area contributed by atoms with E-state index in [9.17, 15) is 10.5 Å². The zero-order valence-electron chi connectivity index (χ0n) is 20.0. The number of nitriles is 2. The standard InChI is InChI=1S/C30H27ClN4O/c31-23-4-5-24-21(11-23)3-6-25-30(16-32,17-33)26(22-2-1-7-34-15-22)27(35(24)25)28(36)29-12-18-8-19(13-29)10-20(9-18)14-29/h1-7,11,15,18-20,25-27H,8-10,12-14H2. The molecule has 3 atom stereocenters. The Morgan fingerprint density at radius 1 is 1.06 bits per heavy atom. The lowest BCUT2D eigenvalue weighted by Crippen LogP contribution is -2.56. The van der Waals surface area contributed by atoms with Crippen LogP contribution in [0.4, 0.5) is 5.69 Å². The average Bonchev–Trinajstić information content (AvgIpc) is 3.18. The molecule has 0 radical (unpaired) electrons. The first-order valence-electron chi connectivity index (χ1n) is 13.0. The molecule has 5 fully saturated rings. The molecule has 6 aliphatic rings. The summed E-state index contributed by atoms with van der Waals surface area (Å²) in [5.41, 5.74) is 0.787. The fourth-order valence-corrected chi connectivity index (χ4v) is 9.10. The number of pyridine rings is 1. The van der Waals surface area contributed by atoms with Crippen molar-refractivity contribution in [3.8, 4) is 12.1 Å². The molecular weight excluding hydrogens is 468 g/mol. The lowest BCUT2D eigenvalue weighted by Gasteiger charge is -2.57. The van der Waals surface area contributed by atoms with E-state index in [2.05, 4.69) is 22.0 Å². The minimum Gasteiger partial charge on any atom is -0.351 e. The third-order valence-electron chi connectivity index (χ3n) is 9.84. The molecule has 4 aliphatic carbocycles. The fourth-order valence-electron chi connectivity index (χ4n) is 8.92. The second-order valence-electron chi connectivity index (χ2n) is 11.8. The Balaban J connectivity index is 1.44. The maximum Gasteiger partial charge on any atom is 0.176 e. The zero-order chi connectivity index (χ0) is 24.7. The highest BCUT2D eigenvalue weighted by atomic mass is 35.5. The number of Topliss-reactive ketones (excluding diaryl/α,β-unsaturated/α-hetero) is 1. The molecule has 0 amide bonds. The van der Waals surface area contributed by atoms with Crippen molar-refractivity contribution in [3.63, 3.8) is 0 Å². The van der Waals surface area contributed by atoms with Crippen LogP contribution in [0, 0.1) is 51.2 Å². The van der Waals surface area contributed by atoms with Gasteiger partial charge in [0.1, 0.15) is 0 Å². The Labute approximate surface area is 216 Å². The van der Waals surface area contributed by atoms with E-state index in [-0.39, 0.29) is 11.2 Å². The number of ketones is 1. The van der Waals surface area contributed by atoms with Gasteiger partial charge in [-0.3, -0.25) is 9.78 Å². The van der Waals surface area contributed by atoms with E-state index in [1.54, 1.807) is 12.4 Å². The van der Waals surface area contributed by atoms with Crippen LogP contribution in [0.1, 0.15) is 55.6 Å². The second kappa shape index (κ2) is 7.67. The average molecular weight is 495 g/mol. The Morgan fingerprint density at radius 3 is 2.36 bits per heavy atom. The minimum absolute atomic E-state index is 0.226. The molecule has 4 bridgehead atoms. The van der Waals surface area contributed by atoms with Crippen LogP contribution in [0.15, 0.2) is 48.8 Å². The van der Waals surface area contributed by atoms with Gasteiger partial charge in [-0.25, -0.2) is 0 Å². The van der Waals surface area contributed by atoms with Crippen molar-refractivity contribution in [1.29, 1.82) is 10.5 Å². The summed E-state index contributed by atoms with van der Waals surface area (Å²) in [5, 5.41) is 21.9. The van der Waals surface area contributed by atoms with Gasteiger partial charge in [0.25, 0.3) is 0 Å². The van der Waals surface area contributed by atoms with Crippen LogP contribution in [0.2, 0.25) is 5.02 Å². The molecule has 4 saturated carbocycles. The van der Waals surface area contributed by atoms with Crippen molar-refractivity contribution >= 4 is 29.1 Å². The topological polar surface area (TPSA) is 80.8 Å². The first-order chi connectivity index (χ1) is 17.5. The number of hydrogen-bond acceptors (Lipinski definition) is 5. The van der Waals surface area contributed by atoms with Crippen LogP contribution in [0.3, 0.4) is 0 Å². The summed E-state index contributed by atoms with van der Waals surface area (Å²) in [6, 6.07) is 13.1. The van der Waals surface area contributed by atoms with Gasteiger partial charge in [-0.1, -0.05) is 29.8 Å². The van der Waals surface area contributed by atoms with Gasteiger partial charge in [-0.05, 0) is 91.7 Å². The highest BCUT2D eigenvalue weighted by Gasteiger charge is 2.67. The van der Waals surface area contributed by atoms with Crippen molar-refractivity contribution in [3.05, 3.63) is 65.0 Å². The second-order valence-corrected chi connectivity index (χ2v) is 12.2. The summed E-state index contributed by atoms with van der Waals surface area (Å²) in [5.74, 6) is 1.50. The van der Waals surface area contributed by atoms with Gasteiger partial charge in [0.15, 0.2) is 11.2 Å². The van der Waals surface area contributed by atoms with E-state index in [0.717, 1.165) is 36.1 Å². The molecule has 8 rings (SSSR count). The molecule has 6 heteroatoms. The number of anilines is 1. The summed E-state index contributed by atoms with van der Waals surface area (Å²) in [6.45, 7) is 0. The number of carbonyl (C=O) groups excluding carboxylic acids is 1. The van der Waals surface area contributed by atoms with E-state index in [1.165, 1.54) is 19.3 Å². The Hall–Kier alpha value is -3.15. The van der Waals surface area contributed by atoms with Crippen molar-refractivity contribution in [2.24, 2.45) is 28.6 Å². The molecule has 2 aromatic rings. The maximum absolute atomic E-state index is 15.0. The molecule has 2 aliphatic heterocycles. The fraction of sp³-hybridized carbons (Fsp3) is 0.467. The monoisotopic (exact) mass is 494 g/mol. The third kappa shape index (κ3) is 2.87. The van der Waals surface area contributed by atoms with E-state index in [4.69, 9.17) is 11.6 Å². The maximum atomic E-state index is 15.0. The molecule has 1 saturated heterocycles. The Morgan fingerprint density at radius 2 is 1.75 bits per heavy atom. The largest absolute Gasteiger partial charge is 0.351 e. The normalized spacial score (nSPS) is 36.6. The van der Waals surface area contributed by atoms with Gasteiger partial charge in [0, 0.05) is 34.4 Å². The Kier molecular flexibility index (Phi) is 4.71. The number of rotatable bonds is 3. The molecular formula is C30H27ClN4O. The predicted octanol–water partition coefficient (Wildman–Crippen LogP) is 5.92. The number of benzene rings is 1. The van der Waals surface area contributed by atoms with E-state index in [0.29, 0.717) is 22.8 Å². The summed E-state index contributed by atoms with van der Waals surface area (Å²) < 4.78 is 0. The van der Waals surface area contributed by atoms with Crippen LogP contribution >= 0.6 is 11.6 Å². The molecule has 3 heterocycles. The summed E-state index contributed by atoms with van der Waals surface area (Å²) in [4.78, 5) is 21.4. The van der Waals surface area contributed by atoms with E-state index in [1.807, 2.05) is 42.5 Å². The van der Waals surface area contributed by atoms with Gasteiger partial charge < -0.3 is 4.90 Å². The van der Waals surface area contributed by atoms with Gasteiger partial charge in [0.05, 0.1) is 24.2 Å². The summed E-state index contributed by atoms with van der Waals surface area (Å²) in [7, 11) is 0. The smallest absolute Gasteiger partial charge is 0.176 e. The quantitative estimate of drug-likeness (QED) is 0.528. The van der Waals surface area contributed by atoms with Crippen LogP contribution in [0.5, 0.6) is 0 Å². The lowest BCUT2D eigenvalue weighted by molar-refractivity contribution is -0.145. The molecule has 0 spiro atoms. The van der Waals surface area contributed by atoms with Gasteiger partial charge >= 0.3 is 0 Å². The molecule has 180 valence electrons. The van der Waals surface area contributed by atoms with Crippen LogP contribution in [-0.2, 0) is 4.79 Å². The molecule has 1 aromatic carbocycles. The van der Waals surface area contributed by atoms with E-state index < -0.39 is 23.4 Å². The van der Waals surface area contributed by atoms with Gasteiger partial charge in [-0.2, -0.15) is 10.5 Å². The van der Waals surface area contributed by atoms with Crippen molar-refractivity contribution in [2.45, 2.75) is 56.5 Å².